The van der Waals surface area contributed by atoms with Crippen molar-refractivity contribution in [1.82, 2.24) is 0 Å². The molecule has 5 nitrogen and oxygen atoms in total. The van der Waals surface area contributed by atoms with Crippen molar-refractivity contribution < 1.29 is 14.3 Å². The summed E-state index contributed by atoms with van der Waals surface area (Å²) < 4.78 is 10.4. The van der Waals surface area contributed by atoms with E-state index in [9.17, 15) is 4.79 Å². The molecule has 0 bridgehead atoms. The number of para-hydroxylation sites is 1. The Morgan fingerprint density at radius 3 is 2.57 bits per heavy atom. The molecule has 0 aliphatic carbocycles. The van der Waals surface area contributed by atoms with Crippen LogP contribution in [0.5, 0.6) is 11.5 Å². The maximum Gasteiger partial charge on any atom is 0.259 e. The van der Waals surface area contributed by atoms with Crippen LogP contribution < -0.4 is 20.5 Å². The second-order valence-corrected chi connectivity index (χ2v) is 4.38. The smallest absolute Gasteiger partial charge is 0.259 e. The van der Waals surface area contributed by atoms with Crippen LogP contribution in [0.2, 0.25) is 0 Å². The number of nitrogens with one attached hydrogen (secondary N) is 1. The summed E-state index contributed by atoms with van der Waals surface area (Å²) in [4.78, 5) is 12.4. The van der Waals surface area contributed by atoms with E-state index in [1.807, 2.05) is 24.3 Å². The van der Waals surface area contributed by atoms with Crippen molar-refractivity contribution in [1.29, 1.82) is 0 Å². The molecule has 0 fully saturated rings. The maximum absolute atomic E-state index is 12.4. The summed E-state index contributed by atoms with van der Waals surface area (Å²) in [7, 11) is 3.07. The van der Waals surface area contributed by atoms with Gasteiger partial charge in [0.15, 0.2) is 0 Å². The number of anilines is 1. The number of rotatable bonds is 5. The minimum absolute atomic E-state index is 0.272. The highest BCUT2D eigenvalue weighted by Crippen LogP contribution is 2.25. The van der Waals surface area contributed by atoms with Crippen LogP contribution in [0.4, 0.5) is 5.69 Å². The summed E-state index contributed by atoms with van der Waals surface area (Å²) in [6, 6.07) is 12.5. The molecule has 2 aromatic rings. The highest BCUT2D eigenvalue weighted by molar-refractivity contribution is 6.06. The van der Waals surface area contributed by atoms with Gasteiger partial charge in [-0.15, -0.1) is 0 Å². The molecular formula is C16H18N2O3. The lowest BCUT2D eigenvalue weighted by molar-refractivity contribution is 0.102. The Kier molecular flexibility index (Phi) is 4.79. The van der Waals surface area contributed by atoms with Gasteiger partial charge in [-0.05, 0) is 29.8 Å². The Balaban J connectivity index is 2.31. The van der Waals surface area contributed by atoms with Gasteiger partial charge < -0.3 is 20.5 Å². The highest BCUT2D eigenvalue weighted by Gasteiger charge is 2.14. The molecule has 0 spiro atoms. The fourth-order valence-corrected chi connectivity index (χ4v) is 2.00. The van der Waals surface area contributed by atoms with E-state index in [4.69, 9.17) is 15.2 Å². The number of benzene rings is 2. The molecule has 0 atom stereocenters. The van der Waals surface area contributed by atoms with Gasteiger partial charge in [-0.3, -0.25) is 4.79 Å². The third kappa shape index (κ3) is 3.32. The monoisotopic (exact) mass is 286 g/mol. The van der Waals surface area contributed by atoms with Gasteiger partial charge >= 0.3 is 0 Å². The van der Waals surface area contributed by atoms with Crippen molar-refractivity contribution >= 4 is 11.6 Å². The number of methoxy groups -OCH3 is 2. The predicted molar refractivity (Wildman–Crippen MR) is 81.8 cm³/mol. The van der Waals surface area contributed by atoms with Crippen LogP contribution in [0.3, 0.4) is 0 Å². The van der Waals surface area contributed by atoms with Crippen LogP contribution >= 0.6 is 0 Å². The molecule has 5 heteroatoms. The molecule has 3 N–H and O–H groups in total. The predicted octanol–water partition coefficient (Wildman–Crippen LogP) is 2.41. The number of nitrogens with two attached hydrogens (primary N) is 1. The fourth-order valence-electron chi connectivity index (χ4n) is 2.00. The maximum atomic E-state index is 12.4. The average Bonchev–Trinajstić information content (AvgIpc) is 2.54. The molecule has 0 aliphatic rings. The molecule has 2 rings (SSSR count). The minimum atomic E-state index is -0.272. The number of amides is 1. The van der Waals surface area contributed by atoms with Crippen LogP contribution in [-0.4, -0.2) is 20.1 Å². The van der Waals surface area contributed by atoms with E-state index < -0.39 is 0 Å². The van der Waals surface area contributed by atoms with E-state index in [1.165, 1.54) is 7.11 Å². The highest BCUT2D eigenvalue weighted by atomic mass is 16.5. The Morgan fingerprint density at radius 2 is 1.90 bits per heavy atom. The van der Waals surface area contributed by atoms with Crippen molar-refractivity contribution in [2.24, 2.45) is 5.73 Å². The van der Waals surface area contributed by atoms with Crippen molar-refractivity contribution in [3.63, 3.8) is 0 Å². The zero-order valence-corrected chi connectivity index (χ0v) is 12.1. The number of hydrogen-bond donors (Lipinski definition) is 2. The van der Waals surface area contributed by atoms with Crippen molar-refractivity contribution in [3.8, 4) is 11.5 Å². The van der Waals surface area contributed by atoms with Crippen LogP contribution in [0.25, 0.3) is 0 Å². The molecule has 0 aliphatic heterocycles. The molecule has 0 saturated carbocycles. The summed E-state index contributed by atoms with van der Waals surface area (Å²) in [5.41, 5.74) is 7.63. The fraction of sp³-hybridized carbons (Fsp3) is 0.188. The summed E-state index contributed by atoms with van der Waals surface area (Å²) in [6.45, 7) is 0.353. The second kappa shape index (κ2) is 6.76. The molecule has 21 heavy (non-hydrogen) atoms. The second-order valence-electron chi connectivity index (χ2n) is 4.38. The Hall–Kier alpha value is -2.53. The van der Waals surface area contributed by atoms with E-state index >= 15 is 0 Å². The zero-order valence-electron chi connectivity index (χ0n) is 12.1. The minimum Gasteiger partial charge on any atom is -0.497 e. The third-order valence-electron chi connectivity index (χ3n) is 3.14. The first kappa shape index (κ1) is 14.9. The Labute approximate surface area is 123 Å². The Morgan fingerprint density at radius 1 is 1.14 bits per heavy atom. The largest absolute Gasteiger partial charge is 0.497 e. The van der Waals surface area contributed by atoms with Crippen LogP contribution in [-0.2, 0) is 6.54 Å². The lowest BCUT2D eigenvalue weighted by atomic mass is 10.1. The van der Waals surface area contributed by atoms with Gasteiger partial charge in [0.25, 0.3) is 5.91 Å². The molecule has 0 heterocycles. The van der Waals surface area contributed by atoms with Gasteiger partial charge in [-0.1, -0.05) is 18.2 Å². The van der Waals surface area contributed by atoms with Crippen LogP contribution in [0.15, 0.2) is 42.5 Å². The van der Waals surface area contributed by atoms with Gasteiger partial charge in [0.05, 0.1) is 19.8 Å². The van der Waals surface area contributed by atoms with Gasteiger partial charge in [0.1, 0.15) is 11.5 Å². The quantitative estimate of drug-likeness (QED) is 0.885. The molecule has 0 saturated heterocycles. The van der Waals surface area contributed by atoms with Crippen molar-refractivity contribution in [2.75, 3.05) is 19.5 Å². The Bertz CT molecular complexity index is 641. The molecule has 2 aromatic carbocycles. The summed E-state index contributed by atoms with van der Waals surface area (Å²) in [6.07, 6.45) is 0. The van der Waals surface area contributed by atoms with E-state index in [-0.39, 0.29) is 5.91 Å². The first-order valence-corrected chi connectivity index (χ1v) is 6.51. The number of ether oxygens (including phenoxy) is 2. The first-order valence-electron chi connectivity index (χ1n) is 6.51. The third-order valence-corrected chi connectivity index (χ3v) is 3.14. The number of carbonyl (C=O) groups is 1. The SMILES string of the molecule is COc1ccc(OC)c(C(=O)Nc2ccccc2CN)c1. The first-order chi connectivity index (χ1) is 10.2. The molecule has 0 unspecified atom stereocenters. The van der Waals surface area contributed by atoms with E-state index in [1.54, 1.807) is 25.3 Å². The molecular weight excluding hydrogens is 268 g/mol. The topological polar surface area (TPSA) is 73.6 Å². The molecule has 1 amide bonds. The summed E-state index contributed by atoms with van der Waals surface area (Å²) >= 11 is 0. The lowest BCUT2D eigenvalue weighted by Gasteiger charge is -2.12. The summed E-state index contributed by atoms with van der Waals surface area (Å²) in [5.74, 6) is 0.804. The number of carbonyl (C=O) groups excluding carboxylic acids is 1. The normalized spacial score (nSPS) is 10.0. The molecule has 0 aromatic heterocycles. The van der Waals surface area contributed by atoms with Gasteiger partial charge in [-0.25, -0.2) is 0 Å². The standard InChI is InChI=1S/C16H18N2O3/c1-20-12-7-8-15(21-2)13(9-12)16(19)18-14-6-4-3-5-11(14)10-17/h3-9H,10,17H2,1-2H3,(H,18,19). The van der Waals surface area contributed by atoms with Crippen LogP contribution in [0.1, 0.15) is 15.9 Å². The van der Waals surface area contributed by atoms with Crippen LogP contribution in [0, 0.1) is 0 Å². The van der Waals surface area contributed by atoms with E-state index in [0.29, 0.717) is 29.3 Å². The molecule has 110 valence electrons. The number of hydrogen-bond acceptors (Lipinski definition) is 4. The summed E-state index contributed by atoms with van der Waals surface area (Å²) in [5, 5.41) is 2.85. The lowest BCUT2D eigenvalue weighted by Crippen LogP contribution is -2.15. The van der Waals surface area contributed by atoms with Gasteiger partial charge in [0, 0.05) is 12.2 Å². The van der Waals surface area contributed by atoms with Crippen molar-refractivity contribution in [3.05, 3.63) is 53.6 Å². The molecule has 0 radical (unpaired) electrons. The van der Waals surface area contributed by atoms with Gasteiger partial charge in [0.2, 0.25) is 0 Å². The van der Waals surface area contributed by atoms with Gasteiger partial charge in [-0.2, -0.15) is 0 Å². The zero-order chi connectivity index (χ0) is 15.2. The average molecular weight is 286 g/mol. The van der Waals surface area contributed by atoms with E-state index in [2.05, 4.69) is 5.32 Å². The van der Waals surface area contributed by atoms with Crippen molar-refractivity contribution in [2.45, 2.75) is 6.54 Å². The van der Waals surface area contributed by atoms with E-state index in [0.717, 1.165) is 5.56 Å².